The zero-order chi connectivity index (χ0) is 24.4. The van der Waals surface area contributed by atoms with Crippen molar-refractivity contribution in [1.82, 2.24) is 19.7 Å². The summed E-state index contributed by atoms with van der Waals surface area (Å²) in [6, 6.07) is 17.3. The maximum absolute atomic E-state index is 13.5. The number of phenols is 1. The van der Waals surface area contributed by atoms with E-state index in [9.17, 15) is 9.90 Å². The highest BCUT2D eigenvalue weighted by Gasteiger charge is 2.34. The smallest absolute Gasteiger partial charge is 0.255 e. The van der Waals surface area contributed by atoms with Crippen molar-refractivity contribution in [3.05, 3.63) is 89.9 Å². The number of allylic oxidation sites excluding steroid dienone is 1. The van der Waals surface area contributed by atoms with Crippen LogP contribution < -0.4 is 15.4 Å². The average Bonchev–Trinajstić information content (AvgIpc) is 3.28. The van der Waals surface area contributed by atoms with Crippen LogP contribution in [-0.2, 0) is 4.79 Å². The number of rotatable bonds is 6. The lowest BCUT2D eigenvalue weighted by molar-refractivity contribution is -0.113. The first-order valence-electron chi connectivity index (χ1n) is 11.2. The van der Waals surface area contributed by atoms with E-state index in [1.807, 2.05) is 44.2 Å². The molecule has 2 aromatic carbocycles. The van der Waals surface area contributed by atoms with Gasteiger partial charge in [-0.2, -0.15) is 4.98 Å². The Morgan fingerprint density at radius 2 is 2.00 bits per heavy atom. The van der Waals surface area contributed by atoms with E-state index >= 15 is 0 Å². The molecule has 3 heterocycles. The highest BCUT2D eigenvalue weighted by molar-refractivity contribution is 6.05. The third-order valence-electron chi connectivity index (χ3n) is 5.63. The molecule has 0 spiro atoms. The number of benzene rings is 2. The van der Waals surface area contributed by atoms with Crippen molar-refractivity contribution in [2.75, 3.05) is 17.2 Å². The molecule has 1 aliphatic rings. The van der Waals surface area contributed by atoms with Crippen LogP contribution >= 0.6 is 0 Å². The molecule has 9 nitrogen and oxygen atoms in total. The molecule has 9 heteroatoms. The number of hydrogen-bond donors (Lipinski definition) is 3. The molecule has 5 rings (SSSR count). The Kier molecular flexibility index (Phi) is 5.88. The zero-order valence-electron chi connectivity index (χ0n) is 19.3. The van der Waals surface area contributed by atoms with Gasteiger partial charge in [0.05, 0.1) is 24.1 Å². The number of carbonyl (C=O) groups is 1. The number of ether oxygens (including phenoxy) is 1. The first-order chi connectivity index (χ1) is 17.0. The summed E-state index contributed by atoms with van der Waals surface area (Å²) in [5.74, 6) is 1.52. The Labute approximate surface area is 202 Å². The minimum Gasteiger partial charge on any atom is -0.508 e. The summed E-state index contributed by atoms with van der Waals surface area (Å²) in [7, 11) is 0. The molecular formula is C26H24N6O3. The number of phenolic OH excluding ortho intramolecular Hbond substituents is 1. The Morgan fingerprint density at radius 1 is 1.17 bits per heavy atom. The summed E-state index contributed by atoms with van der Waals surface area (Å²) in [6.45, 7) is 4.33. The van der Waals surface area contributed by atoms with Crippen LogP contribution in [0.3, 0.4) is 0 Å². The number of aromatic hydroxyl groups is 1. The number of amides is 1. The van der Waals surface area contributed by atoms with Crippen molar-refractivity contribution in [2.45, 2.75) is 19.9 Å². The quantitative estimate of drug-likeness (QED) is 0.385. The van der Waals surface area contributed by atoms with E-state index < -0.39 is 6.04 Å². The minimum absolute atomic E-state index is 0.122. The second-order valence-corrected chi connectivity index (χ2v) is 8.02. The van der Waals surface area contributed by atoms with Gasteiger partial charge < -0.3 is 20.5 Å². The molecule has 0 bridgehead atoms. The Balaban J connectivity index is 1.59. The molecule has 176 valence electrons. The minimum atomic E-state index is -0.544. The fraction of sp³-hybridized carbons (Fsp3) is 0.154. The normalized spacial score (nSPS) is 14.7. The van der Waals surface area contributed by atoms with E-state index in [0.717, 1.165) is 11.3 Å². The van der Waals surface area contributed by atoms with Gasteiger partial charge in [0.1, 0.15) is 17.5 Å². The first kappa shape index (κ1) is 22.1. The van der Waals surface area contributed by atoms with Crippen LogP contribution in [0.2, 0.25) is 0 Å². The van der Waals surface area contributed by atoms with Crippen molar-refractivity contribution in [1.29, 1.82) is 0 Å². The van der Waals surface area contributed by atoms with Crippen LogP contribution in [0, 0.1) is 0 Å². The van der Waals surface area contributed by atoms with E-state index in [0.29, 0.717) is 40.9 Å². The van der Waals surface area contributed by atoms with Crippen molar-refractivity contribution < 1.29 is 14.6 Å². The van der Waals surface area contributed by atoms with E-state index in [-0.39, 0.29) is 11.7 Å². The average molecular weight is 469 g/mol. The molecule has 0 aliphatic carbocycles. The molecule has 1 unspecified atom stereocenters. The second kappa shape index (κ2) is 9.30. The van der Waals surface area contributed by atoms with Crippen LogP contribution in [0.25, 0.3) is 11.4 Å². The van der Waals surface area contributed by atoms with Gasteiger partial charge in [-0.25, -0.2) is 4.68 Å². The molecule has 0 saturated heterocycles. The molecular weight excluding hydrogens is 444 g/mol. The lowest BCUT2D eigenvalue weighted by Crippen LogP contribution is -2.31. The number of fused-ring (bicyclic) bond motifs is 1. The molecule has 0 fully saturated rings. The Morgan fingerprint density at radius 3 is 2.71 bits per heavy atom. The van der Waals surface area contributed by atoms with Crippen LogP contribution in [-0.4, -0.2) is 37.4 Å². The summed E-state index contributed by atoms with van der Waals surface area (Å²) < 4.78 is 7.29. The number of carbonyl (C=O) groups excluding carboxylic acids is 1. The van der Waals surface area contributed by atoms with Gasteiger partial charge in [0, 0.05) is 17.5 Å². The van der Waals surface area contributed by atoms with E-state index in [1.54, 1.807) is 47.4 Å². The lowest BCUT2D eigenvalue weighted by Gasteiger charge is -2.28. The van der Waals surface area contributed by atoms with Crippen LogP contribution in [0.5, 0.6) is 11.5 Å². The molecule has 4 aromatic rings. The van der Waals surface area contributed by atoms with Crippen molar-refractivity contribution in [2.24, 2.45) is 0 Å². The second-order valence-electron chi connectivity index (χ2n) is 8.02. The largest absolute Gasteiger partial charge is 0.508 e. The van der Waals surface area contributed by atoms with Crippen molar-refractivity contribution >= 4 is 17.5 Å². The van der Waals surface area contributed by atoms with Gasteiger partial charge in [0.25, 0.3) is 5.91 Å². The van der Waals surface area contributed by atoms with E-state index in [2.05, 4.69) is 20.6 Å². The predicted octanol–water partition coefficient (Wildman–Crippen LogP) is 4.37. The number of pyridine rings is 1. The Bertz CT molecular complexity index is 1400. The number of nitrogens with zero attached hydrogens (tertiary/aromatic N) is 4. The van der Waals surface area contributed by atoms with E-state index in [4.69, 9.17) is 9.84 Å². The fourth-order valence-electron chi connectivity index (χ4n) is 4.07. The molecule has 0 radical (unpaired) electrons. The highest BCUT2D eigenvalue weighted by Crippen LogP contribution is 2.37. The summed E-state index contributed by atoms with van der Waals surface area (Å²) in [5.41, 5.74) is 3.26. The lowest BCUT2D eigenvalue weighted by atomic mass is 9.95. The van der Waals surface area contributed by atoms with Gasteiger partial charge in [0.2, 0.25) is 5.95 Å². The fourth-order valence-corrected chi connectivity index (χ4v) is 4.07. The van der Waals surface area contributed by atoms with Gasteiger partial charge in [0.15, 0.2) is 5.82 Å². The topological polar surface area (TPSA) is 114 Å². The van der Waals surface area contributed by atoms with Gasteiger partial charge in [-0.3, -0.25) is 9.78 Å². The van der Waals surface area contributed by atoms with Crippen LogP contribution in [0.1, 0.15) is 25.5 Å². The van der Waals surface area contributed by atoms with Crippen LogP contribution in [0.4, 0.5) is 11.6 Å². The summed E-state index contributed by atoms with van der Waals surface area (Å²) >= 11 is 0. The molecule has 35 heavy (non-hydrogen) atoms. The molecule has 1 atom stereocenters. The number of aromatic nitrogens is 4. The summed E-state index contributed by atoms with van der Waals surface area (Å²) in [4.78, 5) is 22.2. The third-order valence-corrected chi connectivity index (χ3v) is 5.63. The highest BCUT2D eigenvalue weighted by atomic mass is 16.5. The number of anilines is 2. The first-order valence-corrected chi connectivity index (χ1v) is 11.2. The molecule has 1 aliphatic heterocycles. The Hall–Kier alpha value is -4.66. The molecule has 0 saturated carbocycles. The van der Waals surface area contributed by atoms with Crippen molar-refractivity contribution in [3.63, 3.8) is 0 Å². The molecule has 2 aromatic heterocycles. The van der Waals surface area contributed by atoms with Gasteiger partial charge in [-0.05, 0) is 55.8 Å². The third kappa shape index (κ3) is 4.43. The molecule has 1 amide bonds. The maximum atomic E-state index is 13.5. The van der Waals surface area contributed by atoms with Gasteiger partial charge in [-0.1, -0.05) is 24.3 Å². The molecule has 3 N–H and O–H groups in total. The zero-order valence-corrected chi connectivity index (χ0v) is 19.3. The summed E-state index contributed by atoms with van der Waals surface area (Å²) in [5, 5.41) is 20.8. The van der Waals surface area contributed by atoms with E-state index in [1.165, 1.54) is 0 Å². The van der Waals surface area contributed by atoms with Gasteiger partial charge >= 0.3 is 0 Å². The van der Waals surface area contributed by atoms with Crippen LogP contribution in [0.15, 0.2) is 84.3 Å². The maximum Gasteiger partial charge on any atom is 0.255 e. The van der Waals surface area contributed by atoms with Crippen molar-refractivity contribution in [3.8, 4) is 22.9 Å². The SMILES string of the molecule is CCOc1ccc(C2C(C(=O)Nc3cccnc3)=C(C)Nc3nc(-c4cccc(O)c4)nn32)cc1. The predicted molar refractivity (Wildman–Crippen MR) is 132 cm³/mol. The van der Waals surface area contributed by atoms with Gasteiger partial charge in [-0.15, -0.1) is 5.10 Å². The number of hydrogen-bond acceptors (Lipinski definition) is 7. The monoisotopic (exact) mass is 468 g/mol. The summed E-state index contributed by atoms with van der Waals surface area (Å²) in [6.07, 6.45) is 3.24. The standard InChI is InChI=1S/C26H24N6O3/c1-3-35-21-11-9-17(10-12-21)23-22(25(34)29-19-7-5-13-27-15-19)16(2)28-26-30-24(31-32(23)26)18-6-4-8-20(33)14-18/h4-15,23,33H,3H2,1-2H3,(H,29,34)(H,28,30,31). The number of nitrogens with one attached hydrogen (secondary N) is 2.